The van der Waals surface area contributed by atoms with Gasteiger partial charge in [0.2, 0.25) is 0 Å². The molecule has 0 atom stereocenters. The van der Waals surface area contributed by atoms with Gasteiger partial charge in [0.25, 0.3) is 0 Å². The monoisotopic (exact) mass is 194 g/mol. The standard InChI is InChI=1S/C12H22N2/c1-2-3-4-5-6-7-9-12-10-8-11-14(12)13/h8,10-11H,2-7,9,13H2,1H3. The summed E-state index contributed by atoms with van der Waals surface area (Å²) in [6.45, 7) is 2.25. The molecule has 14 heavy (non-hydrogen) atoms. The summed E-state index contributed by atoms with van der Waals surface area (Å²) >= 11 is 0. The van der Waals surface area contributed by atoms with Gasteiger partial charge >= 0.3 is 0 Å². The molecule has 0 amide bonds. The molecule has 2 heteroatoms. The first-order valence-electron chi connectivity index (χ1n) is 5.76. The van der Waals surface area contributed by atoms with Crippen molar-refractivity contribution in [2.45, 2.75) is 51.9 Å². The van der Waals surface area contributed by atoms with Crippen molar-refractivity contribution >= 4 is 0 Å². The first-order chi connectivity index (χ1) is 6.84. The van der Waals surface area contributed by atoms with Gasteiger partial charge in [-0.05, 0) is 25.0 Å². The van der Waals surface area contributed by atoms with E-state index in [9.17, 15) is 0 Å². The number of aryl methyl sites for hydroxylation is 1. The third kappa shape index (κ3) is 3.86. The number of hydrogen-bond donors (Lipinski definition) is 1. The molecular formula is C12H22N2. The second-order valence-corrected chi connectivity index (χ2v) is 3.92. The highest BCUT2D eigenvalue weighted by atomic mass is 15.3. The van der Waals surface area contributed by atoms with Crippen LogP contribution in [0.1, 0.15) is 51.1 Å². The van der Waals surface area contributed by atoms with Gasteiger partial charge in [-0.2, -0.15) is 0 Å². The maximum absolute atomic E-state index is 5.72. The quantitative estimate of drug-likeness (QED) is 0.525. The zero-order valence-corrected chi connectivity index (χ0v) is 9.21. The molecule has 0 saturated carbocycles. The molecule has 0 aliphatic heterocycles. The number of unbranched alkanes of at least 4 members (excludes halogenated alkanes) is 5. The van der Waals surface area contributed by atoms with Gasteiger partial charge in [0.1, 0.15) is 0 Å². The van der Waals surface area contributed by atoms with Crippen LogP contribution >= 0.6 is 0 Å². The lowest BCUT2D eigenvalue weighted by Crippen LogP contribution is -2.10. The Morgan fingerprint density at radius 3 is 2.50 bits per heavy atom. The number of hydrogen-bond acceptors (Lipinski definition) is 1. The molecule has 0 aromatic carbocycles. The number of nitrogen functional groups attached to an aromatic ring is 1. The topological polar surface area (TPSA) is 30.9 Å². The molecule has 0 aliphatic rings. The normalized spacial score (nSPS) is 10.6. The van der Waals surface area contributed by atoms with Crippen LogP contribution in [0.4, 0.5) is 0 Å². The summed E-state index contributed by atoms with van der Waals surface area (Å²) in [5.74, 6) is 5.72. The lowest BCUT2D eigenvalue weighted by molar-refractivity contribution is 0.601. The maximum Gasteiger partial charge on any atom is 0.0391 e. The van der Waals surface area contributed by atoms with E-state index in [0.29, 0.717) is 0 Å². The molecule has 2 N–H and O–H groups in total. The summed E-state index contributed by atoms with van der Waals surface area (Å²) < 4.78 is 1.73. The van der Waals surface area contributed by atoms with E-state index < -0.39 is 0 Å². The molecule has 0 radical (unpaired) electrons. The van der Waals surface area contributed by atoms with E-state index in [4.69, 9.17) is 5.84 Å². The van der Waals surface area contributed by atoms with Crippen molar-refractivity contribution in [3.8, 4) is 0 Å². The van der Waals surface area contributed by atoms with E-state index in [1.807, 2.05) is 12.3 Å². The molecule has 0 aliphatic carbocycles. The van der Waals surface area contributed by atoms with Crippen LogP contribution in [0.3, 0.4) is 0 Å². The maximum atomic E-state index is 5.72. The summed E-state index contributed by atoms with van der Waals surface area (Å²) in [7, 11) is 0. The van der Waals surface area contributed by atoms with Crippen molar-refractivity contribution in [2.24, 2.45) is 0 Å². The fourth-order valence-corrected chi connectivity index (χ4v) is 1.73. The van der Waals surface area contributed by atoms with E-state index >= 15 is 0 Å². The lowest BCUT2D eigenvalue weighted by atomic mass is 10.1. The fourth-order valence-electron chi connectivity index (χ4n) is 1.73. The second kappa shape index (κ2) is 6.52. The van der Waals surface area contributed by atoms with Crippen LogP contribution < -0.4 is 5.84 Å². The molecule has 1 rings (SSSR count). The number of nitrogens with zero attached hydrogens (tertiary/aromatic N) is 1. The number of rotatable bonds is 7. The molecule has 0 spiro atoms. The van der Waals surface area contributed by atoms with Gasteiger partial charge in [-0.25, -0.2) is 0 Å². The minimum atomic E-state index is 1.12. The van der Waals surface area contributed by atoms with E-state index in [2.05, 4.69) is 13.0 Å². The Hall–Kier alpha value is -0.920. The largest absolute Gasteiger partial charge is 0.339 e. The molecule has 1 aromatic heterocycles. The van der Waals surface area contributed by atoms with E-state index in [0.717, 1.165) is 6.42 Å². The van der Waals surface area contributed by atoms with Gasteiger partial charge in [-0.3, -0.25) is 4.68 Å². The van der Waals surface area contributed by atoms with Crippen LogP contribution in [-0.4, -0.2) is 4.68 Å². The summed E-state index contributed by atoms with van der Waals surface area (Å²) in [6, 6.07) is 4.11. The van der Waals surface area contributed by atoms with Gasteiger partial charge in [-0.1, -0.05) is 39.0 Å². The average molecular weight is 194 g/mol. The third-order valence-electron chi connectivity index (χ3n) is 2.65. The van der Waals surface area contributed by atoms with Crippen molar-refractivity contribution in [3.63, 3.8) is 0 Å². The van der Waals surface area contributed by atoms with Crippen LogP contribution in [0.2, 0.25) is 0 Å². The number of nitrogens with two attached hydrogens (primary N) is 1. The highest BCUT2D eigenvalue weighted by molar-refractivity contribution is 5.06. The smallest absolute Gasteiger partial charge is 0.0391 e. The molecule has 0 fully saturated rings. The van der Waals surface area contributed by atoms with E-state index in [-0.39, 0.29) is 0 Å². The molecule has 1 aromatic rings. The Morgan fingerprint density at radius 1 is 1.14 bits per heavy atom. The minimum Gasteiger partial charge on any atom is -0.339 e. The van der Waals surface area contributed by atoms with Crippen LogP contribution in [0.25, 0.3) is 0 Å². The van der Waals surface area contributed by atoms with Gasteiger partial charge in [0, 0.05) is 11.9 Å². The molecule has 0 bridgehead atoms. The van der Waals surface area contributed by atoms with Crippen molar-refractivity contribution in [3.05, 3.63) is 24.0 Å². The Labute approximate surface area is 87.1 Å². The summed E-state index contributed by atoms with van der Waals surface area (Å²) in [5, 5.41) is 0. The summed E-state index contributed by atoms with van der Waals surface area (Å²) in [5.41, 5.74) is 1.25. The molecular weight excluding hydrogens is 172 g/mol. The predicted octanol–water partition coefficient (Wildman–Crippen LogP) is 3.10. The van der Waals surface area contributed by atoms with Crippen molar-refractivity contribution in [1.29, 1.82) is 0 Å². The molecule has 1 heterocycles. The lowest BCUT2D eigenvalue weighted by Gasteiger charge is -2.03. The van der Waals surface area contributed by atoms with Crippen molar-refractivity contribution < 1.29 is 0 Å². The zero-order valence-electron chi connectivity index (χ0n) is 9.21. The summed E-state index contributed by atoms with van der Waals surface area (Å²) in [4.78, 5) is 0. The highest BCUT2D eigenvalue weighted by Crippen LogP contribution is 2.09. The van der Waals surface area contributed by atoms with E-state index in [1.54, 1.807) is 4.68 Å². The van der Waals surface area contributed by atoms with Crippen LogP contribution in [-0.2, 0) is 6.42 Å². The molecule has 2 nitrogen and oxygen atoms in total. The fraction of sp³-hybridized carbons (Fsp3) is 0.667. The first kappa shape index (κ1) is 11.2. The Bertz CT molecular complexity index is 240. The zero-order chi connectivity index (χ0) is 10.2. The average Bonchev–Trinajstić information content (AvgIpc) is 2.58. The Morgan fingerprint density at radius 2 is 1.86 bits per heavy atom. The Balaban J connectivity index is 2.02. The Kier molecular flexibility index (Phi) is 5.20. The highest BCUT2D eigenvalue weighted by Gasteiger charge is 1.97. The number of aromatic nitrogens is 1. The van der Waals surface area contributed by atoms with Crippen molar-refractivity contribution in [1.82, 2.24) is 4.68 Å². The molecule has 80 valence electrons. The van der Waals surface area contributed by atoms with Crippen LogP contribution in [0.15, 0.2) is 18.3 Å². The van der Waals surface area contributed by atoms with Crippen LogP contribution in [0, 0.1) is 0 Å². The van der Waals surface area contributed by atoms with Gasteiger partial charge < -0.3 is 5.84 Å². The SMILES string of the molecule is CCCCCCCCc1cccn1N. The van der Waals surface area contributed by atoms with E-state index in [1.165, 1.54) is 44.2 Å². The second-order valence-electron chi connectivity index (χ2n) is 3.92. The van der Waals surface area contributed by atoms with Crippen LogP contribution in [0.5, 0.6) is 0 Å². The molecule has 0 unspecified atom stereocenters. The van der Waals surface area contributed by atoms with Gasteiger partial charge in [0.05, 0.1) is 0 Å². The predicted molar refractivity (Wildman–Crippen MR) is 61.7 cm³/mol. The first-order valence-corrected chi connectivity index (χ1v) is 5.76. The summed E-state index contributed by atoms with van der Waals surface area (Å²) in [6.07, 6.45) is 11.1. The van der Waals surface area contributed by atoms with Gasteiger partial charge in [-0.15, -0.1) is 0 Å². The third-order valence-corrected chi connectivity index (χ3v) is 2.65. The molecule has 0 saturated heterocycles. The van der Waals surface area contributed by atoms with Gasteiger partial charge in [0.15, 0.2) is 0 Å². The minimum absolute atomic E-state index is 1.12. The van der Waals surface area contributed by atoms with Crippen molar-refractivity contribution in [2.75, 3.05) is 5.84 Å².